The number of hydrogen-bond acceptors (Lipinski definition) is 5. The summed E-state index contributed by atoms with van der Waals surface area (Å²) in [4.78, 5) is 29.4. The lowest BCUT2D eigenvalue weighted by atomic mass is 10.1. The van der Waals surface area contributed by atoms with Crippen LogP contribution in [0.25, 0.3) is 16.6 Å². The van der Waals surface area contributed by atoms with E-state index in [9.17, 15) is 9.59 Å². The second kappa shape index (κ2) is 6.11. The molecule has 3 aromatic rings. The number of fused-ring (bicyclic) bond motifs is 1. The van der Waals surface area contributed by atoms with Crippen molar-refractivity contribution in [1.29, 1.82) is 0 Å². The number of nitrogens with zero attached hydrogens (tertiary/aromatic N) is 1. The molecule has 0 radical (unpaired) electrons. The van der Waals surface area contributed by atoms with Crippen LogP contribution in [0.1, 0.15) is 26.4 Å². The molecule has 4 rings (SSSR count). The van der Waals surface area contributed by atoms with Gasteiger partial charge < -0.3 is 4.74 Å². The largest absolute Gasteiger partial charge is 0.497 e. The summed E-state index contributed by atoms with van der Waals surface area (Å²) in [5.74, 6) is 0.275. The normalized spacial score (nSPS) is 13.1. The first-order chi connectivity index (χ1) is 12.2. The molecular weight excluding hydrogens is 334 g/mol. The van der Waals surface area contributed by atoms with Crippen LogP contribution in [-0.4, -0.2) is 23.7 Å². The number of rotatable bonds is 3. The summed E-state index contributed by atoms with van der Waals surface area (Å²) in [6.07, 6.45) is 1.57. The number of hydrogen-bond donors (Lipinski definition) is 0. The smallest absolute Gasteiger partial charge is 0.197 e. The summed E-state index contributed by atoms with van der Waals surface area (Å²) >= 11 is 1.46. The van der Waals surface area contributed by atoms with Crippen LogP contribution in [0.5, 0.6) is 5.75 Å². The van der Waals surface area contributed by atoms with E-state index < -0.39 is 0 Å². The maximum absolute atomic E-state index is 12.4. The second-order valence-electron chi connectivity index (χ2n) is 5.57. The molecule has 0 unspecified atom stereocenters. The summed E-state index contributed by atoms with van der Waals surface area (Å²) in [6, 6.07) is 14.5. The van der Waals surface area contributed by atoms with Crippen LogP contribution in [0.2, 0.25) is 0 Å². The topological polar surface area (TPSA) is 56.3 Å². The number of thiazole rings is 1. The Hall–Kier alpha value is -3.05. The average molecular weight is 347 g/mol. The molecule has 1 aromatic heterocycles. The van der Waals surface area contributed by atoms with E-state index >= 15 is 0 Å². The van der Waals surface area contributed by atoms with Gasteiger partial charge in [-0.1, -0.05) is 36.4 Å². The van der Waals surface area contributed by atoms with Gasteiger partial charge in [0, 0.05) is 22.1 Å². The minimum absolute atomic E-state index is 0.170. The Morgan fingerprint density at radius 3 is 2.40 bits per heavy atom. The van der Waals surface area contributed by atoms with E-state index in [1.807, 2.05) is 29.6 Å². The highest BCUT2D eigenvalue weighted by Gasteiger charge is 2.32. The molecule has 4 nitrogen and oxygen atoms in total. The molecule has 0 spiro atoms. The van der Waals surface area contributed by atoms with Gasteiger partial charge in [-0.3, -0.25) is 9.59 Å². The SMILES string of the molecule is COc1cccc(-c2nc(C=C3C(=O)c4ccccc4C3=O)cs2)c1. The lowest BCUT2D eigenvalue weighted by molar-refractivity contribution is 0.0990. The van der Waals surface area contributed by atoms with Crippen LogP contribution in [-0.2, 0) is 0 Å². The number of aromatic nitrogens is 1. The molecule has 0 fully saturated rings. The third-order valence-corrected chi connectivity index (χ3v) is 4.95. The molecule has 5 heteroatoms. The van der Waals surface area contributed by atoms with Crippen molar-refractivity contribution in [3.05, 3.63) is 76.3 Å². The molecule has 0 N–H and O–H groups in total. The van der Waals surface area contributed by atoms with Gasteiger partial charge >= 0.3 is 0 Å². The van der Waals surface area contributed by atoms with Gasteiger partial charge in [0.2, 0.25) is 0 Å². The van der Waals surface area contributed by atoms with Gasteiger partial charge in [0.05, 0.1) is 18.4 Å². The molecule has 122 valence electrons. The zero-order valence-electron chi connectivity index (χ0n) is 13.4. The Bertz CT molecular complexity index is 996. The molecule has 0 saturated carbocycles. The van der Waals surface area contributed by atoms with Gasteiger partial charge in [0.1, 0.15) is 10.8 Å². The Kier molecular flexibility index (Phi) is 3.78. The standard InChI is InChI=1S/C20H13NO3S/c1-24-14-6-4-5-12(9-14)20-21-13(11-25-20)10-17-18(22)15-7-2-3-8-16(15)19(17)23/h2-11H,1H3. The number of carbonyl (C=O) groups excluding carboxylic acids is 2. The average Bonchev–Trinajstić information content (AvgIpc) is 3.22. The van der Waals surface area contributed by atoms with Crippen molar-refractivity contribution in [1.82, 2.24) is 4.98 Å². The fourth-order valence-electron chi connectivity index (χ4n) is 2.79. The lowest BCUT2D eigenvalue weighted by Crippen LogP contribution is -2.00. The molecule has 1 aliphatic rings. The van der Waals surface area contributed by atoms with Gasteiger partial charge in [-0.2, -0.15) is 0 Å². The Morgan fingerprint density at radius 1 is 1.00 bits per heavy atom. The molecule has 0 aliphatic heterocycles. The van der Waals surface area contributed by atoms with Gasteiger partial charge in [0.15, 0.2) is 11.6 Å². The molecule has 0 atom stereocenters. The summed E-state index contributed by atoms with van der Waals surface area (Å²) in [7, 11) is 1.62. The van der Waals surface area contributed by atoms with Crippen molar-refractivity contribution in [3.8, 4) is 16.3 Å². The highest BCUT2D eigenvalue weighted by Crippen LogP contribution is 2.30. The number of carbonyl (C=O) groups is 2. The van der Waals surface area contributed by atoms with Crippen molar-refractivity contribution in [2.75, 3.05) is 7.11 Å². The van der Waals surface area contributed by atoms with E-state index in [1.54, 1.807) is 37.5 Å². The summed E-state index contributed by atoms with van der Waals surface area (Å²) in [5, 5.41) is 2.65. The molecular formula is C20H13NO3S. The monoisotopic (exact) mass is 347 g/mol. The van der Waals surface area contributed by atoms with E-state index in [0.29, 0.717) is 16.8 Å². The number of ketones is 2. The van der Waals surface area contributed by atoms with Crippen molar-refractivity contribution in [3.63, 3.8) is 0 Å². The highest BCUT2D eigenvalue weighted by atomic mass is 32.1. The van der Waals surface area contributed by atoms with Crippen molar-refractivity contribution in [2.24, 2.45) is 0 Å². The maximum atomic E-state index is 12.4. The van der Waals surface area contributed by atoms with Crippen molar-refractivity contribution in [2.45, 2.75) is 0 Å². The minimum atomic E-state index is -0.239. The molecule has 0 bridgehead atoms. The minimum Gasteiger partial charge on any atom is -0.497 e. The fourth-order valence-corrected chi connectivity index (χ4v) is 3.57. The number of methoxy groups -OCH3 is 1. The number of Topliss-reactive ketones (excluding diaryl/α,β-unsaturated/α-hetero) is 2. The molecule has 25 heavy (non-hydrogen) atoms. The van der Waals surface area contributed by atoms with Gasteiger partial charge in [-0.15, -0.1) is 11.3 Å². The first kappa shape index (κ1) is 15.5. The van der Waals surface area contributed by atoms with E-state index in [-0.39, 0.29) is 17.1 Å². The molecule has 2 aromatic carbocycles. The van der Waals surface area contributed by atoms with Crippen molar-refractivity contribution < 1.29 is 14.3 Å². The third kappa shape index (κ3) is 2.68. The van der Waals surface area contributed by atoms with E-state index in [2.05, 4.69) is 4.98 Å². The van der Waals surface area contributed by atoms with Crippen LogP contribution in [0.15, 0.2) is 59.5 Å². The summed E-state index contributed by atoms with van der Waals surface area (Å²) in [6.45, 7) is 0. The quantitative estimate of drug-likeness (QED) is 0.524. The Balaban J connectivity index is 1.69. The maximum Gasteiger partial charge on any atom is 0.197 e. The number of benzene rings is 2. The summed E-state index contributed by atoms with van der Waals surface area (Å²) in [5.41, 5.74) is 2.63. The van der Waals surface area contributed by atoms with E-state index in [4.69, 9.17) is 4.74 Å². The zero-order valence-corrected chi connectivity index (χ0v) is 14.2. The van der Waals surface area contributed by atoms with Crippen LogP contribution in [0.3, 0.4) is 0 Å². The fraction of sp³-hybridized carbons (Fsp3) is 0.0500. The van der Waals surface area contributed by atoms with Crippen LogP contribution in [0.4, 0.5) is 0 Å². The molecule has 1 heterocycles. The van der Waals surface area contributed by atoms with Crippen molar-refractivity contribution >= 4 is 29.0 Å². The van der Waals surface area contributed by atoms with Crippen LogP contribution >= 0.6 is 11.3 Å². The van der Waals surface area contributed by atoms with E-state index in [0.717, 1.165) is 16.3 Å². The van der Waals surface area contributed by atoms with Crippen LogP contribution in [0, 0.1) is 0 Å². The van der Waals surface area contributed by atoms with Gasteiger partial charge in [0.25, 0.3) is 0 Å². The van der Waals surface area contributed by atoms with E-state index in [1.165, 1.54) is 11.3 Å². The molecule has 0 amide bonds. The highest BCUT2D eigenvalue weighted by molar-refractivity contribution is 7.13. The first-order valence-corrected chi connectivity index (χ1v) is 8.55. The van der Waals surface area contributed by atoms with Gasteiger partial charge in [-0.25, -0.2) is 4.98 Å². The molecule has 0 saturated heterocycles. The molecule has 1 aliphatic carbocycles. The lowest BCUT2D eigenvalue weighted by Gasteiger charge is -2.01. The van der Waals surface area contributed by atoms with Gasteiger partial charge in [-0.05, 0) is 18.2 Å². The van der Waals surface area contributed by atoms with Crippen LogP contribution < -0.4 is 4.74 Å². The third-order valence-electron chi connectivity index (χ3n) is 4.04. The predicted molar refractivity (Wildman–Crippen MR) is 97.2 cm³/mol. The second-order valence-corrected chi connectivity index (χ2v) is 6.43. The number of ether oxygens (including phenoxy) is 1. The number of allylic oxidation sites excluding steroid dienone is 1. The Morgan fingerprint density at radius 2 is 1.72 bits per heavy atom. The summed E-state index contributed by atoms with van der Waals surface area (Å²) < 4.78 is 5.23. The first-order valence-electron chi connectivity index (χ1n) is 7.67. The predicted octanol–water partition coefficient (Wildman–Crippen LogP) is 4.28. The Labute approximate surface area is 148 Å². The zero-order chi connectivity index (χ0) is 17.4.